The summed E-state index contributed by atoms with van der Waals surface area (Å²) in [6.07, 6.45) is 10.7. The second-order valence-electron chi connectivity index (χ2n) is 10.0. The van der Waals surface area contributed by atoms with E-state index in [9.17, 15) is 4.79 Å². The second kappa shape index (κ2) is 9.12. The Labute approximate surface area is 195 Å². The van der Waals surface area contributed by atoms with Crippen LogP contribution < -0.4 is 10.7 Å². The zero-order valence-electron chi connectivity index (χ0n) is 20.6. The predicted molar refractivity (Wildman–Crippen MR) is 131 cm³/mol. The zero-order valence-corrected chi connectivity index (χ0v) is 20.6. The quantitative estimate of drug-likeness (QED) is 0.716. The number of amides is 1. The summed E-state index contributed by atoms with van der Waals surface area (Å²) in [5.41, 5.74) is 3.75. The molecule has 4 rings (SSSR count). The van der Waals surface area contributed by atoms with Crippen LogP contribution in [0.5, 0.6) is 0 Å². The molecule has 2 aromatic rings. The molecule has 0 aromatic carbocycles. The van der Waals surface area contributed by atoms with Crippen LogP contribution in [0.25, 0.3) is 12.2 Å². The number of hydrogen-bond acceptors (Lipinski definition) is 5. The van der Waals surface area contributed by atoms with Crippen molar-refractivity contribution in [1.82, 2.24) is 19.4 Å². The van der Waals surface area contributed by atoms with Crippen molar-refractivity contribution in [2.75, 3.05) is 13.1 Å². The number of aromatic nitrogens is 3. The molecule has 7 heteroatoms. The molecule has 0 saturated carbocycles. The van der Waals surface area contributed by atoms with Gasteiger partial charge in [0.05, 0.1) is 28.9 Å². The van der Waals surface area contributed by atoms with Crippen molar-refractivity contribution in [2.45, 2.75) is 65.4 Å². The van der Waals surface area contributed by atoms with Gasteiger partial charge in [0.25, 0.3) is 0 Å². The van der Waals surface area contributed by atoms with Crippen molar-refractivity contribution >= 4 is 29.6 Å². The molecule has 1 saturated heterocycles. The van der Waals surface area contributed by atoms with E-state index in [2.05, 4.69) is 41.6 Å². The summed E-state index contributed by atoms with van der Waals surface area (Å²) in [4.78, 5) is 28.4. The molecule has 7 nitrogen and oxygen atoms in total. The first kappa shape index (κ1) is 23.2. The number of hydrogen-bond donors (Lipinski definition) is 0. The average Bonchev–Trinajstić information content (AvgIpc) is 2.96. The van der Waals surface area contributed by atoms with E-state index in [0.717, 1.165) is 47.1 Å². The smallest absolute Gasteiger partial charge is 0.410 e. The number of carbonyl (C=O) groups is 1. The monoisotopic (exact) mass is 449 g/mol. The number of fused-ring (bicyclic) bond motifs is 1. The molecule has 1 aliphatic heterocycles. The third kappa shape index (κ3) is 5.02. The number of nitrogens with zero attached hydrogens (tertiary/aromatic N) is 5. The van der Waals surface area contributed by atoms with Gasteiger partial charge >= 0.3 is 6.09 Å². The highest BCUT2D eigenvalue weighted by atomic mass is 16.6. The van der Waals surface area contributed by atoms with Crippen molar-refractivity contribution in [1.29, 1.82) is 0 Å². The van der Waals surface area contributed by atoms with Crippen LogP contribution in [0.1, 0.15) is 64.6 Å². The Morgan fingerprint density at radius 1 is 1.24 bits per heavy atom. The van der Waals surface area contributed by atoms with Gasteiger partial charge in [-0.05, 0) is 57.7 Å². The Balaban J connectivity index is 1.57. The minimum atomic E-state index is -0.476. The highest BCUT2D eigenvalue weighted by Crippen LogP contribution is 2.31. The topological polar surface area (TPSA) is 72.6 Å². The summed E-state index contributed by atoms with van der Waals surface area (Å²) in [6.45, 7) is 11.3. The Morgan fingerprint density at radius 3 is 2.67 bits per heavy atom. The average molecular weight is 450 g/mol. The maximum Gasteiger partial charge on any atom is 0.410 e. The first-order chi connectivity index (χ1) is 15.7. The molecule has 1 unspecified atom stereocenters. The van der Waals surface area contributed by atoms with E-state index < -0.39 is 5.60 Å². The Bertz CT molecular complexity index is 1180. The highest BCUT2D eigenvalue weighted by molar-refractivity contribution is 6.13. The first-order valence-corrected chi connectivity index (χ1v) is 11.9. The van der Waals surface area contributed by atoms with E-state index in [0.29, 0.717) is 19.0 Å². The maximum atomic E-state index is 12.2. The van der Waals surface area contributed by atoms with Crippen LogP contribution in [-0.4, -0.2) is 49.9 Å². The largest absolute Gasteiger partial charge is 0.444 e. The fraction of sp³-hybridized carbons (Fsp3) is 0.538. The highest BCUT2D eigenvalue weighted by Gasteiger charge is 2.35. The van der Waals surface area contributed by atoms with E-state index in [1.54, 1.807) is 4.90 Å². The molecule has 1 atom stereocenters. The van der Waals surface area contributed by atoms with Crippen LogP contribution in [0.4, 0.5) is 10.5 Å². The van der Waals surface area contributed by atoms with E-state index in [-0.39, 0.29) is 12.0 Å². The van der Waals surface area contributed by atoms with Gasteiger partial charge in [-0.15, -0.1) is 0 Å². The van der Waals surface area contributed by atoms with Crippen LogP contribution in [-0.2, 0) is 18.2 Å². The summed E-state index contributed by atoms with van der Waals surface area (Å²) < 4.78 is 7.52. The van der Waals surface area contributed by atoms with Crippen molar-refractivity contribution in [3.63, 3.8) is 0 Å². The van der Waals surface area contributed by atoms with Gasteiger partial charge in [0, 0.05) is 43.4 Å². The molecular weight excluding hydrogens is 414 g/mol. The molecule has 176 valence electrons. The van der Waals surface area contributed by atoms with Gasteiger partial charge in [-0.1, -0.05) is 19.9 Å². The molecule has 1 amide bonds. The summed E-state index contributed by atoms with van der Waals surface area (Å²) >= 11 is 0. The number of ether oxygens (including phenoxy) is 1. The first-order valence-electron chi connectivity index (χ1n) is 11.9. The van der Waals surface area contributed by atoms with Gasteiger partial charge < -0.3 is 14.2 Å². The molecule has 2 aliphatic rings. The number of likely N-dealkylation sites (tertiary alicyclic amines) is 1. The lowest BCUT2D eigenvalue weighted by atomic mass is 9.94. The van der Waals surface area contributed by atoms with Crippen LogP contribution in [0, 0.1) is 5.92 Å². The Hall–Kier alpha value is -2.96. The fourth-order valence-corrected chi connectivity index (χ4v) is 4.32. The summed E-state index contributed by atoms with van der Waals surface area (Å²) in [5, 5.41) is 2.13. The lowest BCUT2D eigenvalue weighted by Crippen LogP contribution is -2.50. The van der Waals surface area contributed by atoms with Gasteiger partial charge in [0.15, 0.2) is 0 Å². The summed E-state index contributed by atoms with van der Waals surface area (Å²) in [7, 11) is 2.02. The maximum absolute atomic E-state index is 12.2. The number of pyridine rings is 1. The third-order valence-electron chi connectivity index (χ3n) is 6.37. The second-order valence-corrected chi connectivity index (χ2v) is 10.0. The van der Waals surface area contributed by atoms with Crippen LogP contribution in [0.3, 0.4) is 0 Å². The Kier molecular flexibility index (Phi) is 6.41. The molecule has 0 N–H and O–H groups in total. The van der Waals surface area contributed by atoms with Crippen molar-refractivity contribution < 1.29 is 9.53 Å². The lowest BCUT2D eigenvalue weighted by molar-refractivity contribution is 0.00787. The lowest BCUT2D eigenvalue weighted by Gasteiger charge is -2.39. The summed E-state index contributed by atoms with van der Waals surface area (Å²) in [5.74, 6) is 0.599. The number of aryl methyl sites for hydroxylation is 2. The SMILES string of the molecule is CCc1cc(C2CN(C(=O)OC(C)(C)C)C2)ncc1N=C1C=c2c(ncn2C)=CCC1CC. The van der Waals surface area contributed by atoms with E-state index >= 15 is 0 Å². The Morgan fingerprint density at radius 2 is 2.00 bits per heavy atom. The molecular formula is C26H35N5O2. The summed E-state index contributed by atoms with van der Waals surface area (Å²) in [6, 6.07) is 2.16. The number of rotatable bonds is 4. The third-order valence-corrected chi connectivity index (χ3v) is 6.37. The van der Waals surface area contributed by atoms with Crippen molar-refractivity contribution in [2.24, 2.45) is 18.0 Å². The van der Waals surface area contributed by atoms with E-state index in [1.807, 2.05) is 40.3 Å². The molecule has 0 spiro atoms. The molecule has 3 heterocycles. The molecule has 1 fully saturated rings. The van der Waals surface area contributed by atoms with E-state index in [4.69, 9.17) is 14.7 Å². The van der Waals surface area contributed by atoms with Crippen LogP contribution >= 0.6 is 0 Å². The normalized spacial score (nSPS) is 19.9. The minimum Gasteiger partial charge on any atom is -0.444 e. The molecule has 1 aliphatic carbocycles. The van der Waals surface area contributed by atoms with Crippen LogP contribution in [0.2, 0.25) is 0 Å². The zero-order chi connectivity index (χ0) is 23.8. The van der Waals surface area contributed by atoms with E-state index in [1.165, 1.54) is 5.56 Å². The number of carbonyl (C=O) groups excluding carboxylic acids is 1. The van der Waals surface area contributed by atoms with Gasteiger partial charge in [-0.2, -0.15) is 0 Å². The van der Waals surface area contributed by atoms with Crippen molar-refractivity contribution in [3.8, 4) is 0 Å². The molecule has 2 aromatic heterocycles. The van der Waals surface area contributed by atoms with Crippen molar-refractivity contribution in [3.05, 3.63) is 40.5 Å². The minimum absolute atomic E-state index is 0.240. The predicted octanol–water partition coefficient (Wildman–Crippen LogP) is 3.48. The van der Waals surface area contributed by atoms with Gasteiger partial charge in [-0.25, -0.2) is 9.78 Å². The van der Waals surface area contributed by atoms with Gasteiger partial charge in [0.1, 0.15) is 5.60 Å². The fourth-order valence-electron chi connectivity index (χ4n) is 4.32. The standard InChI is InChI=1S/C26H35N5O2/c1-7-17-9-10-20-24(30(6)16-28-20)12-22(17)29-23-13-27-21(11-18(23)8-2)19-14-31(15-19)25(32)33-26(3,4)5/h10-13,16-17,19H,7-9,14-15H2,1-6H3. The molecule has 33 heavy (non-hydrogen) atoms. The van der Waals surface area contributed by atoms with Gasteiger partial charge in [-0.3, -0.25) is 9.98 Å². The number of aliphatic imine (C=N–C) groups is 1. The molecule has 0 radical (unpaired) electrons. The van der Waals surface area contributed by atoms with Gasteiger partial charge in [0.2, 0.25) is 0 Å². The van der Waals surface area contributed by atoms with Crippen LogP contribution in [0.15, 0.2) is 23.6 Å². The number of imidazole rings is 1. The molecule has 0 bridgehead atoms.